The van der Waals surface area contributed by atoms with Crippen LogP contribution in [0.4, 0.5) is 0 Å². The first-order valence-corrected chi connectivity index (χ1v) is 7.07. The molecular weight excluding hydrogens is 197 g/mol. The van der Waals surface area contributed by atoms with Crippen LogP contribution in [0.15, 0.2) is 0 Å². The number of rotatable bonds is 0. The van der Waals surface area contributed by atoms with Crippen molar-refractivity contribution < 1.29 is 9.20 Å². The Morgan fingerprint density at radius 1 is 0.800 bits per heavy atom. The van der Waals surface area contributed by atoms with Crippen molar-refractivity contribution in [2.24, 2.45) is 0 Å². The molecule has 0 bridgehead atoms. The summed E-state index contributed by atoms with van der Waals surface area (Å²) in [6.45, 7) is 0. The summed E-state index contributed by atoms with van der Waals surface area (Å²) in [6.07, 6.45) is 0. The fraction of sp³-hybridized carbons (Fsp3) is 0. The van der Waals surface area contributed by atoms with Crippen LogP contribution in [-0.2, 0) is 9.20 Å². The van der Waals surface area contributed by atoms with E-state index in [-0.39, 0.29) is 0 Å². The minimum absolute atomic E-state index is 2.74. The summed E-state index contributed by atoms with van der Waals surface area (Å²) < 4.78 is 0. The standard InChI is InChI=1S/4ClH.Mn/h4*1H;/q;;;;+4/p-4. The Labute approximate surface area is 49.5 Å². The molecule has 35 valence electrons. The van der Waals surface area contributed by atoms with Crippen LogP contribution in [0.3, 0.4) is 0 Å². The van der Waals surface area contributed by atoms with Gasteiger partial charge in [-0.3, -0.25) is 0 Å². The van der Waals surface area contributed by atoms with Crippen LogP contribution in [-0.4, -0.2) is 0 Å². The summed E-state index contributed by atoms with van der Waals surface area (Å²) in [7, 11) is 17.1. The van der Waals surface area contributed by atoms with Crippen LogP contribution in [0.5, 0.6) is 0 Å². The molecular formula is Cl4Mn. The number of hydrogen-bond acceptors (Lipinski definition) is 0. The molecule has 0 heterocycles. The van der Waals surface area contributed by atoms with E-state index in [1.807, 2.05) is 0 Å². The van der Waals surface area contributed by atoms with Gasteiger partial charge in [-0.1, -0.05) is 0 Å². The molecule has 0 aliphatic rings. The molecule has 0 saturated heterocycles. The summed E-state index contributed by atoms with van der Waals surface area (Å²) in [5.74, 6) is 0. The van der Waals surface area contributed by atoms with Gasteiger partial charge >= 0.3 is 49.6 Å². The van der Waals surface area contributed by atoms with Crippen LogP contribution in [0, 0.1) is 0 Å². The first kappa shape index (κ1) is 6.68. The zero-order valence-electron chi connectivity index (χ0n) is 1.89. The van der Waals surface area contributed by atoms with Gasteiger partial charge in [0.15, 0.2) is 0 Å². The topological polar surface area (TPSA) is 0 Å². The second-order valence-electron chi connectivity index (χ2n) is 0.324. The van der Waals surface area contributed by atoms with Gasteiger partial charge in [0, 0.05) is 0 Å². The second-order valence-corrected chi connectivity index (χ2v) is 12.0. The van der Waals surface area contributed by atoms with E-state index in [2.05, 4.69) is 0 Å². The molecule has 0 atom stereocenters. The van der Waals surface area contributed by atoms with E-state index in [1.165, 1.54) is 0 Å². The van der Waals surface area contributed by atoms with Crippen LogP contribution in [0.25, 0.3) is 0 Å². The molecule has 0 aromatic carbocycles. The first-order valence-electron chi connectivity index (χ1n) is 0.571. The van der Waals surface area contributed by atoms with E-state index in [1.54, 1.807) is 0 Å². The van der Waals surface area contributed by atoms with Crippen molar-refractivity contribution in [1.29, 1.82) is 0 Å². The third-order valence-corrected chi connectivity index (χ3v) is 0. The Balaban J connectivity index is 3.02. The molecule has 0 aliphatic carbocycles. The summed E-state index contributed by atoms with van der Waals surface area (Å²) in [5, 5.41) is 0. The predicted octanol–water partition coefficient (Wildman–Crippen LogP) is 2.76. The Bertz CT molecular complexity index is 19.1. The predicted molar refractivity (Wildman–Crippen MR) is 23.4 cm³/mol. The molecule has 5 heteroatoms. The Morgan fingerprint density at radius 3 is 0.800 bits per heavy atom. The monoisotopic (exact) mass is 195 g/mol. The van der Waals surface area contributed by atoms with Crippen molar-refractivity contribution in [2.75, 3.05) is 0 Å². The molecule has 0 N–H and O–H groups in total. The average Bonchev–Trinajstić information content (AvgIpc) is 0.722. The van der Waals surface area contributed by atoms with Crippen molar-refractivity contribution in [3.63, 3.8) is 0 Å². The fourth-order valence-corrected chi connectivity index (χ4v) is 0. The first-order chi connectivity index (χ1) is 2.00. The number of hydrogen-bond donors (Lipinski definition) is 0. The fourth-order valence-electron chi connectivity index (χ4n) is 0. The number of halogens is 4. The summed E-state index contributed by atoms with van der Waals surface area (Å²) >= 11 is 0. The molecule has 0 rings (SSSR count). The van der Waals surface area contributed by atoms with Gasteiger partial charge < -0.3 is 0 Å². The van der Waals surface area contributed by atoms with Gasteiger partial charge in [0.05, 0.1) is 0 Å². The summed E-state index contributed by atoms with van der Waals surface area (Å²) in [6, 6.07) is 0. The minimum atomic E-state index is -2.74. The molecule has 0 radical (unpaired) electrons. The van der Waals surface area contributed by atoms with Crippen LogP contribution in [0.1, 0.15) is 0 Å². The zero-order valence-corrected chi connectivity index (χ0v) is 6.09. The molecule has 0 fully saturated rings. The quantitative estimate of drug-likeness (QED) is 0.523. The molecule has 0 spiro atoms. The molecule has 0 unspecified atom stereocenters. The molecule has 0 aliphatic heterocycles. The van der Waals surface area contributed by atoms with Gasteiger partial charge in [0.2, 0.25) is 0 Å². The Hall–Kier alpha value is 1.68. The van der Waals surface area contributed by atoms with Crippen molar-refractivity contribution in [3.05, 3.63) is 0 Å². The maximum atomic E-state index is 4.97. The molecule has 0 saturated carbocycles. The van der Waals surface area contributed by atoms with Crippen LogP contribution < -0.4 is 0 Å². The Morgan fingerprint density at radius 2 is 0.800 bits per heavy atom. The van der Waals surface area contributed by atoms with Crippen molar-refractivity contribution >= 4 is 40.4 Å². The zero-order chi connectivity index (χ0) is 4.50. The molecule has 5 heavy (non-hydrogen) atoms. The molecule has 0 aromatic rings. The molecule has 0 aromatic heterocycles. The van der Waals surface area contributed by atoms with Gasteiger partial charge in [0.1, 0.15) is 0 Å². The van der Waals surface area contributed by atoms with Crippen LogP contribution in [0.2, 0.25) is 0 Å². The third kappa shape index (κ3) is 27.3. The van der Waals surface area contributed by atoms with Crippen molar-refractivity contribution in [1.82, 2.24) is 0 Å². The maximum absolute atomic E-state index is 4.97. The van der Waals surface area contributed by atoms with Gasteiger partial charge in [-0.25, -0.2) is 0 Å². The van der Waals surface area contributed by atoms with E-state index in [0.29, 0.717) is 0 Å². The van der Waals surface area contributed by atoms with E-state index in [4.69, 9.17) is 40.4 Å². The van der Waals surface area contributed by atoms with E-state index >= 15 is 0 Å². The molecule has 0 amide bonds. The SMILES string of the molecule is [Cl][Mn]([Cl])([Cl])[Cl]. The Kier molecular flexibility index (Phi) is 2.82. The van der Waals surface area contributed by atoms with Crippen LogP contribution >= 0.6 is 40.4 Å². The van der Waals surface area contributed by atoms with Gasteiger partial charge in [0.25, 0.3) is 0 Å². The summed E-state index contributed by atoms with van der Waals surface area (Å²) in [4.78, 5) is 0. The van der Waals surface area contributed by atoms with E-state index < -0.39 is 9.20 Å². The van der Waals surface area contributed by atoms with E-state index in [9.17, 15) is 0 Å². The van der Waals surface area contributed by atoms with E-state index in [0.717, 1.165) is 0 Å². The second kappa shape index (κ2) is 2.11. The summed E-state index contributed by atoms with van der Waals surface area (Å²) in [5.41, 5.74) is 0. The van der Waals surface area contributed by atoms with Gasteiger partial charge in [-0.15, -0.1) is 0 Å². The molecule has 0 nitrogen and oxygen atoms in total. The normalized spacial score (nSPS) is 15.2. The van der Waals surface area contributed by atoms with Crippen molar-refractivity contribution in [2.45, 2.75) is 0 Å². The van der Waals surface area contributed by atoms with Gasteiger partial charge in [-0.05, 0) is 0 Å². The van der Waals surface area contributed by atoms with Crippen molar-refractivity contribution in [3.8, 4) is 0 Å². The third-order valence-electron chi connectivity index (χ3n) is 0. The van der Waals surface area contributed by atoms with Gasteiger partial charge in [-0.2, -0.15) is 0 Å². The average molecular weight is 197 g/mol.